The number of hydrogen-bond acceptors (Lipinski definition) is 6. The predicted octanol–water partition coefficient (Wildman–Crippen LogP) is 3.22. The lowest BCUT2D eigenvalue weighted by Crippen LogP contribution is -2.35. The monoisotopic (exact) mass is 363 g/mol. The number of aromatic nitrogens is 3. The molecule has 0 aliphatic carbocycles. The van der Waals surface area contributed by atoms with Crippen LogP contribution >= 0.6 is 0 Å². The molecule has 0 unspecified atom stereocenters. The Kier molecular flexibility index (Phi) is 4.42. The van der Waals surface area contributed by atoms with E-state index in [1.165, 1.54) is 0 Å². The van der Waals surface area contributed by atoms with Gasteiger partial charge in [-0.1, -0.05) is 6.07 Å². The summed E-state index contributed by atoms with van der Waals surface area (Å²) in [6.45, 7) is 0. The third kappa shape index (κ3) is 3.44. The minimum absolute atomic E-state index is 0.246. The molecule has 0 saturated carbocycles. The van der Waals surface area contributed by atoms with Gasteiger partial charge in [-0.2, -0.15) is 5.10 Å². The molecule has 2 aromatic heterocycles. The quantitative estimate of drug-likeness (QED) is 0.725. The van der Waals surface area contributed by atoms with Crippen molar-refractivity contribution in [1.82, 2.24) is 20.2 Å². The summed E-state index contributed by atoms with van der Waals surface area (Å²) in [4.78, 5) is 4.37. The minimum atomic E-state index is 0.246. The van der Waals surface area contributed by atoms with Crippen molar-refractivity contribution < 1.29 is 9.84 Å². The highest BCUT2D eigenvalue weighted by Crippen LogP contribution is 2.26. The summed E-state index contributed by atoms with van der Waals surface area (Å²) in [6.07, 6.45) is 10.3. The molecule has 2 N–H and O–H groups in total. The van der Waals surface area contributed by atoms with Crippen LogP contribution in [0.1, 0.15) is 12.0 Å². The number of anilines is 1. The molecule has 3 heterocycles. The Labute approximate surface area is 157 Å². The van der Waals surface area contributed by atoms with Gasteiger partial charge in [-0.05, 0) is 36.6 Å². The number of fused-ring (bicyclic) bond motifs is 1. The summed E-state index contributed by atoms with van der Waals surface area (Å²) in [5, 5.41) is 17.2. The van der Waals surface area contributed by atoms with Crippen molar-refractivity contribution in [3.63, 3.8) is 0 Å². The smallest absolute Gasteiger partial charge is 0.137 e. The first-order valence-corrected chi connectivity index (χ1v) is 8.70. The summed E-state index contributed by atoms with van der Waals surface area (Å²) in [5.74, 6) is 1.06. The maximum atomic E-state index is 10.2. The Bertz CT molecular complexity index is 1040. The van der Waals surface area contributed by atoms with Gasteiger partial charge in [0.2, 0.25) is 0 Å². The fourth-order valence-electron chi connectivity index (χ4n) is 3.12. The Hall–Kier alpha value is -3.48. The summed E-state index contributed by atoms with van der Waals surface area (Å²) in [6, 6.07) is 8.01. The lowest BCUT2D eigenvalue weighted by Gasteiger charge is -2.26. The van der Waals surface area contributed by atoms with Gasteiger partial charge in [0.25, 0.3) is 0 Å². The number of nitrogens with one attached hydrogen (secondary N) is 1. The van der Waals surface area contributed by atoms with Crippen LogP contribution in [-0.4, -0.2) is 27.0 Å². The maximum absolute atomic E-state index is 10.2. The highest BCUT2D eigenvalue weighted by Gasteiger charge is 2.15. The van der Waals surface area contributed by atoms with Crippen molar-refractivity contribution in [3.05, 3.63) is 72.2 Å². The number of benzene rings is 1. The van der Waals surface area contributed by atoms with Crippen LogP contribution in [0.15, 0.2) is 66.6 Å². The van der Waals surface area contributed by atoms with Crippen LogP contribution in [0.4, 0.5) is 5.69 Å². The number of allylic oxidation sites excluding steroid dienone is 2. The highest BCUT2D eigenvalue weighted by molar-refractivity contribution is 5.85. The molecule has 0 atom stereocenters. The van der Waals surface area contributed by atoms with Crippen LogP contribution in [0, 0.1) is 0 Å². The molecular formula is C20H21N5O2. The van der Waals surface area contributed by atoms with E-state index in [4.69, 9.17) is 4.74 Å². The summed E-state index contributed by atoms with van der Waals surface area (Å²) in [5.41, 5.74) is 6.97. The second-order valence-corrected chi connectivity index (χ2v) is 6.40. The van der Waals surface area contributed by atoms with Crippen molar-refractivity contribution in [3.8, 4) is 5.75 Å². The van der Waals surface area contributed by atoms with Gasteiger partial charge in [0.1, 0.15) is 17.2 Å². The minimum Gasteiger partial charge on any atom is -0.506 e. The van der Waals surface area contributed by atoms with Crippen LogP contribution in [-0.2, 0) is 13.5 Å². The van der Waals surface area contributed by atoms with Crippen molar-refractivity contribution in [2.24, 2.45) is 7.05 Å². The molecule has 7 heteroatoms. The fourth-order valence-corrected chi connectivity index (χ4v) is 3.12. The Morgan fingerprint density at radius 2 is 2.11 bits per heavy atom. The number of aryl methyl sites for hydroxylation is 2. The zero-order valence-electron chi connectivity index (χ0n) is 15.3. The number of hydrazine groups is 1. The molecule has 0 spiro atoms. The third-order valence-electron chi connectivity index (χ3n) is 4.57. The molecule has 1 aliphatic heterocycles. The van der Waals surface area contributed by atoms with Crippen LogP contribution < -0.4 is 15.2 Å². The van der Waals surface area contributed by atoms with Crippen molar-refractivity contribution in [1.29, 1.82) is 0 Å². The number of nitrogens with zero attached hydrogens (tertiary/aromatic N) is 4. The standard InChI is InChI=1S/C20H21N5O2/c1-24-13-15(12-22-24)25-10-8-19(26)18(23-25)6-4-14-3-5-17-16(11-14)20(27-2)7-9-21-17/h3,5,7-13,23,26H,4,6H2,1-2H3. The largest absolute Gasteiger partial charge is 0.506 e. The van der Waals surface area contributed by atoms with Crippen LogP contribution in [0.25, 0.3) is 10.9 Å². The Balaban J connectivity index is 1.50. The Morgan fingerprint density at radius 3 is 2.89 bits per heavy atom. The first kappa shape index (κ1) is 17.0. The number of rotatable bonds is 5. The van der Waals surface area contributed by atoms with E-state index in [1.54, 1.807) is 36.5 Å². The van der Waals surface area contributed by atoms with Crippen LogP contribution in [0.5, 0.6) is 5.75 Å². The predicted molar refractivity (Wildman–Crippen MR) is 104 cm³/mol. The molecule has 3 aromatic rings. The van der Waals surface area contributed by atoms with E-state index in [0.717, 1.165) is 40.0 Å². The first-order chi connectivity index (χ1) is 13.1. The molecule has 7 nitrogen and oxygen atoms in total. The van der Waals surface area contributed by atoms with Gasteiger partial charge in [0, 0.05) is 30.9 Å². The Morgan fingerprint density at radius 1 is 1.22 bits per heavy atom. The second kappa shape index (κ2) is 7.03. The van der Waals surface area contributed by atoms with Crippen LogP contribution in [0.2, 0.25) is 0 Å². The van der Waals surface area contributed by atoms with Crippen molar-refractivity contribution in [2.45, 2.75) is 12.8 Å². The number of ether oxygens (including phenoxy) is 1. The zero-order valence-corrected chi connectivity index (χ0v) is 15.3. The van der Waals surface area contributed by atoms with Crippen molar-refractivity contribution in [2.75, 3.05) is 12.1 Å². The van der Waals surface area contributed by atoms with Crippen LogP contribution in [0.3, 0.4) is 0 Å². The van der Waals surface area contributed by atoms with Gasteiger partial charge in [-0.3, -0.25) is 20.1 Å². The molecule has 27 heavy (non-hydrogen) atoms. The lowest BCUT2D eigenvalue weighted by molar-refractivity contribution is 0.410. The second-order valence-electron chi connectivity index (χ2n) is 6.40. The van der Waals surface area contributed by atoms with Gasteiger partial charge in [-0.25, -0.2) is 0 Å². The molecule has 1 aliphatic rings. The number of aliphatic hydroxyl groups is 1. The average Bonchev–Trinajstić information content (AvgIpc) is 3.13. The number of aliphatic hydroxyl groups excluding tert-OH is 1. The van der Waals surface area contributed by atoms with Gasteiger partial charge < -0.3 is 9.84 Å². The van der Waals surface area contributed by atoms with E-state index in [-0.39, 0.29) is 5.76 Å². The van der Waals surface area contributed by atoms with E-state index in [9.17, 15) is 5.11 Å². The first-order valence-electron chi connectivity index (χ1n) is 8.70. The molecular weight excluding hydrogens is 342 g/mol. The van der Waals surface area contributed by atoms with E-state index in [2.05, 4.69) is 27.6 Å². The molecule has 0 radical (unpaired) electrons. The van der Waals surface area contributed by atoms with E-state index >= 15 is 0 Å². The van der Waals surface area contributed by atoms with E-state index in [0.29, 0.717) is 6.42 Å². The number of hydrogen-bond donors (Lipinski definition) is 2. The molecule has 0 fully saturated rings. The normalized spacial score (nSPS) is 13.9. The third-order valence-corrected chi connectivity index (χ3v) is 4.57. The molecule has 0 bridgehead atoms. The summed E-state index contributed by atoms with van der Waals surface area (Å²) in [7, 11) is 3.53. The number of pyridine rings is 1. The number of methoxy groups -OCH3 is 1. The van der Waals surface area contributed by atoms with Gasteiger partial charge in [0.05, 0.1) is 30.7 Å². The molecule has 0 amide bonds. The van der Waals surface area contributed by atoms with E-state index < -0.39 is 0 Å². The molecule has 4 rings (SSSR count). The van der Waals surface area contributed by atoms with Gasteiger partial charge >= 0.3 is 0 Å². The SMILES string of the molecule is COc1ccnc2ccc(CCC3=C(O)C=CN(c4cnn(C)c4)N3)cc12. The highest BCUT2D eigenvalue weighted by atomic mass is 16.5. The summed E-state index contributed by atoms with van der Waals surface area (Å²) >= 11 is 0. The van der Waals surface area contributed by atoms with Gasteiger partial charge in [-0.15, -0.1) is 0 Å². The maximum Gasteiger partial charge on any atom is 0.137 e. The summed E-state index contributed by atoms with van der Waals surface area (Å²) < 4.78 is 7.17. The average molecular weight is 363 g/mol. The molecule has 1 aromatic carbocycles. The van der Waals surface area contributed by atoms with E-state index in [1.807, 2.05) is 30.4 Å². The fraction of sp³-hybridized carbons (Fsp3) is 0.200. The topological polar surface area (TPSA) is 75.4 Å². The van der Waals surface area contributed by atoms with Crippen molar-refractivity contribution >= 4 is 16.6 Å². The molecule has 138 valence electrons. The van der Waals surface area contributed by atoms with Gasteiger partial charge in [0.15, 0.2) is 0 Å². The molecule has 0 saturated heterocycles. The lowest BCUT2D eigenvalue weighted by atomic mass is 10.0. The zero-order chi connectivity index (χ0) is 18.8.